The highest BCUT2D eigenvalue weighted by Gasteiger charge is 2.32. The first-order valence-electron chi connectivity index (χ1n) is 12.6. The van der Waals surface area contributed by atoms with Crippen LogP contribution in [0.5, 0.6) is 0 Å². The van der Waals surface area contributed by atoms with Crippen LogP contribution < -0.4 is 21.7 Å². The topological polar surface area (TPSA) is 204 Å². The number of aromatic amines is 1. The Morgan fingerprint density at radius 1 is 0.949 bits per heavy atom. The lowest BCUT2D eigenvalue weighted by Gasteiger charge is -2.26. The van der Waals surface area contributed by atoms with E-state index in [1.807, 2.05) is 44.4 Å². The highest BCUT2D eigenvalue weighted by atomic mass is 32.2. The molecule has 2 rings (SSSR count). The summed E-state index contributed by atoms with van der Waals surface area (Å²) in [6.07, 6.45) is 3.47. The van der Waals surface area contributed by atoms with Gasteiger partial charge >= 0.3 is 11.9 Å². The van der Waals surface area contributed by atoms with E-state index in [2.05, 4.69) is 20.9 Å². The molecule has 13 heteroatoms. The number of hydrogen-bond acceptors (Lipinski definition) is 7. The number of nitrogens with one attached hydrogen (secondary N) is 4. The van der Waals surface area contributed by atoms with Gasteiger partial charge < -0.3 is 36.9 Å². The molecule has 0 bridgehead atoms. The first-order chi connectivity index (χ1) is 18.4. The maximum atomic E-state index is 13.5. The van der Waals surface area contributed by atoms with Gasteiger partial charge in [0.1, 0.15) is 18.1 Å². The summed E-state index contributed by atoms with van der Waals surface area (Å²) in [7, 11) is 0. The van der Waals surface area contributed by atoms with Crippen molar-refractivity contribution in [2.24, 2.45) is 11.7 Å². The molecular weight excluding hydrogens is 526 g/mol. The van der Waals surface area contributed by atoms with E-state index in [-0.39, 0.29) is 18.8 Å². The summed E-state index contributed by atoms with van der Waals surface area (Å²) < 4.78 is 0. The average Bonchev–Trinajstić information content (AvgIpc) is 3.28. The van der Waals surface area contributed by atoms with Crippen molar-refractivity contribution >= 4 is 52.3 Å². The normalized spacial score (nSPS) is 14.3. The minimum atomic E-state index is -1.67. The zero-order chi connectivity index (χ0) is 29.1. The van der Waals surface area contributed by atoms with Crippen LogP contribution in [0.15, 0.2) is 30.5 Å². The van der Waals surface area contributed by atoms with Crippen molar-refractivity contribution in [2.75, 3.05) is 12.0 Å². The summed E-state index contributed by atoms with van der Waals surface area (Å²) >= 11 is 1.54. The SMILES string of the molecule is CSCCC(N)C(=O)NC(Cc1c[nH]c2ccccc12)C(=O)NC(CC(C)C)C(=O)NC(CC(=O)O)C(=O)O. The molecule has 0 saturated heterocycles. The Kier molecular flexibility index (Phi) is 12.3. The summed E-state index contributed by atoms with van der Waals surface area (Å²) in [6, 6.07) is 2.72. The molecule has 0 aliphatic rings. The van der Waals surface area contributed by atoms with Gasteiger partial charge in [-0.25, -0.2) is 4.79 Å². The average molecular weight is 564 g/mol. The van der Waals surface area contributed by atoms with Crippen molar-refractivity contribution in [3.05, 3.63) is 36.0 Å². The number of carboxylic acids is 2. The van der Waals surface area contributed by atoms with Crippen LogP contribution in [0.25, 0.3) is 10.9 Å². The molecule has 214 valence electrons. The van der Waals surface area contributed by atoms with E-state index in [4.69, 9.17) is 10.8 Å². The second-order valence-corrected chi connectivity index (χ2v) is 10.7. The molecule has 4 unspecified atom stereocenters. The molecule has 0 spiro atoms. The van der Waals surface area contributed by atoms with Crippen LogP contribution in [-0.2, 0) is 30.4 Å². The number of fused-ring (bicyclic) bond motifs is 1. The van der Waals surface area contributed by atoms with Gasteiger partial charge in [-0.3, -0.25) is 19.2 Å². The quantitative estimate of drug-likeness (QED) is 0.154. The van der Waals surface area contributed by atoms with Gasteiger partial charge in [0.15, 0.2) is 0 Å². The number of aromatic nitrogens is 1. The molecule has 1 heterocycles. The Labute approximate surface area is 230 Å². The zero-order valence-electron chi connectivity index (χ0n) is 22.2. The minimum absolute atomic E-state index is 0.0783. The fraction of sp³-hybridized carbons (Fsp3) is 0.500. The molecule has 0 fully saturated rings. The van der Waals surface area contributed by atoms with E-state index >= 15 is 0 Å². The Hall–Kier alpha value is -3.58. The van der Waals surface area contributed by atoms with Crippen molar-refractivity contribution in [3.63, 3.8) is 0 Å². The summed E-state index contributed by atoms with van der Waals surface area (Å²) in [5, 5.41) is 26.7. The molecule has 2 aromatic rings. The monoisotopic (exact) mass is 563 g/mol. The van der Waals surface area contributed by atoms with Crippen LogP contribution in [0.2, 0.25) is 0 Å². The van der Waals surface area contributed by atoms with E-state index in [0.29, 0.717) is 12.2 Å². The van der Waals surface area contributed by atoms with Gasteiger partial charge in [-0.05, 0) is 42.4 Å². The molecule has 8 N–H and O–H groups in total. The standard InChI is InChI=1S/C26H37N5O7S/c1-14(2)10-19(24(35)31-21(26(37)38)12-22(32)33)30-25(36)20(29-23(34)17(27)8-9-39-3)11-15-13-28-18-7-5-4-6-16(15)18/h4-7,13-14,17,19-21,28H,8-12,27H2,1-3H3,(H,29,34)(H,30,36)(H,31,35)(H,32,33)(H,37,38). The van der Waals surface area contributed by atoms with Gasteiger partial charge in [-0.15, -0.1) is 0 Å². The highest BCUT2D eigenvalue weighted by molar-refractivity contribution is 7.98. The number of rotatable bonds is 16. The van der Waals surface area contributed by atoms with E-state index in [0.717, 1.165) is 16.5 Å². The van der Waals surface area contributed by atoms with Gasteiger partial charge in [0.25, 0.3) is 0 Å². The summed E-state index contributed by atoms with van der Waals surface area (Å²) in [5.74, 6) is -4.33. The predicted octanol–water partition coefficient (Wildman–Crippen LogP) is 0.851. The number of thioether (sulfide) groups is 1. The molecule has 0 saturated carbocycles. The van der Waals surface area contributed by atoms with Crippen LogP contribution in [0.1, 0.15) is 38.7 Å². The van der Waals surface area contributed by atoms with E-state index < -0.39 is 60.2 Å². The predicted molar refractivity (Wildman–Crippen MR) is 148 cm³/mol. The molecule has 4 atom stereocenters. The number of carbonyl (C=O) groups is 5. The van der Waals surface area contributed by atoms with Gasteiger partial charge in [0, 0.05) is 23.5 Å². The number of benzene rings is 1. The van der Waals surface area contributed by atoms with Crippen LogP contribution in [0.3, 0.4) is 0 Å². The third-order valence-electron chi connectivity index (χ3n) is 6.04. The third-order valence-corrected chi connectivity index (χ3v) is 6.68. The molecule has 1 aromatic heterocycles. The Morgan fingerprint density at radius 2 is 1.56 bits per heavy atom. The van der Waals surface area contributed by atoms with Crippen LogP contribution in [0, 0.1) is 5.92 Å². The molecule has 0 aliphatic heterocycles. The largest absolute Gasteiger partial charge is 0.481 e. The van der Waals surface area contributed by atoms with Crippen molar-refractivity contribution in [1.82, 2.24) is 20.9 Å². The van der Waals surface area contributed by atoms with Crippen LogP contribution in [-0.4, -0.2) is 81.0 Å². The van der Waals surface area contributed by atoms with Gasteiger partial charge in [-0.2, -0.15) is 11.8 Å². The zero-order valence-corrected chi connectivity index (χ0v) is 23.0. The van der Waals surface area contributed by atoms with E-state index in [9.17, 15) is 29.1 Å². The number of amides is 3. The van der Waals surface area contributed by atoms with Crippen molar-refractivity contribution in [3.8, 4) is 0 Å². The molecular formula is C26H37N5O7S. The lowest BCUT2D eigenvalue weighted by molar-refractivity contribution is -0.147. The van der Waals surface area contributed by atoms with E-state index in [1.165, 1.54) is 11.8 Å². The first kappa shape index (κ1) is 31.6. The van der Waals surface area contributed by atoms with Gasteiger partial charge in [-0.1, -0.05) is 32.0 Å². The van der Waals surface area contributed by atoms with E-state index in [1.54, 1.807) is 6.20 Å². The van der Waals surface area contributed by atoms with Crippen molar-refractivity contribution in [2.45, 2.75) is 63.7 Å². The second kappa shape index (κ2) is 15.1. The Morgan fingerprint density at radius 3 is 2.18 bits per heavy atom. The number of nitrogens with two attached hydrogens (primary N) is 1. The third kappa shape index (κ3) is 9.91. The smallest absolute Gasteiger partial charge is 0.326 e. The number of para-hydroxylation sites is 1. The van der Waals surface area contributed by atoms with Gasteiger partial charge in [0.05, 0.1) is 12.5 Å². The van der Waals surface area contributed by atoms with Gasteiger partial charge in [0.2, 0.25) is 17.7 Å². The summed E-state index contributed by atoms with van der Waals surface area (Å²) in [4.78, 5) is 65.0. The minimum Gasteiger partial charge on any atom is -0.481 e. The number of hydrogen-bond donors (Lipinski definition) is 7. The van der Waals surface area contributed by atoms with Crippen molar-refractivity contribution < 1.29 is 34.2 Å². The maximum Gasteiger partial charge on any atom is 0.326 e. The Balaban J connectivity index is 2.29. The maximum absolute atomic E-state index is 13.5. The van der Waals surface area contributed by atoms with Crippen molar-refractivity contribution in [1.29, 1.82) is 0 Å². The highest BCUT2D eigenvalue weighted by Crippen LogP contribution is 2.19. The fourth-order valence-electron chi connectivity index (χ4n) is 4.01. The molecule has 0 radical (unpaired) electrons. The molecule has 0 aliphatic carbocycles. The molecule has 1 aromatic carbocycles. The number of aliphatic carboxylic acids is 2. The van der Waals surface area contributed by atoms with Crippen LogP contribution >= 0.6 is 11.8 Å². The van der Waals surface area contributed by atoms with Crippen LogP contribution in [0.4, 0.5) is 0 Å². The summed E-state index contributed by atoms with van der Waals surface area (Å²) in [6.45, 7) is 3.63. The number of carbonyl (C=O) groups excluding carboxylic acids is 3. The number of carboxylic acid groups (broad SMARTS) is 2. The lowest BCUT2D eigenvalue weighted by Crippen LogP contribution is -2.58. The second-order valence-electron chi connectivity index (χ2n) is 9.70. The molecule has 39 heavy (non-hydrogen) atoms. The lowest BCUT2D eigenvalue weighted by atomic mass is 10.00. The Bertz CT molecular complexity index is 1170. The first-order valence-corrected chi connectivity index (χ1v) is 14.0. The summed E-state index contributed by atoms with van der Waals surface area (Å²) in [5.41, 5.74) is 7.64. The number of H-pyrrole nitrogens is 1. The molecule has 12 nitrogen and oxygen atoms in total. The fourth-order valence-corrected chi connectivity index (χ4v) is 4.50. The molecule has 3 amide bonds.